The van der Waals surface area contributed by atoms with Crippen LogP contribution < -0.4 is 4.72 Å². The summed E-state index contributed by atoms with van der Waals surface area (Å²) < 4.78 is 26.5. The molecule has 0 aromatic heterocycles. The molecule has 1 aliphatic rings. The van der Waals surface area contributed by atoms with Gasteiger partial charge in [0.1, 0.15) is 0 Å². The van der Waals surface area contributed by atoms with Crippen LogP contribution in [0.2, 0.25) is 0 Å². The molecule has 1 saturated carbocycles. The van der Waals surface area contributed by atoms with Gasteiger partial charge in [0.05, 0.1) is 10.5 Å². The standard InChI is InChI=1S/C12H15NO4S/c1-12(5-6-12)8-13-18(16,17)10-4-2-3-9(7-10)11(14)15/h2-4,7,13H,5-6,8H2,1H3,(H,14,15). The summed E-state index contributed by atoms with van der Waals surface area (Å²) in [7, 11) is -3.62. The lowest BCUT2D eigenvalue weighted by Gasteiger charge is -2.11. The normalized spacial score (nSPS) is 17.4. The van der Waals surface area contributed by atoms with Crippen molar-refractivity contribution in [3.8, 4) is 0 Å². The highest BCUT2D eigenvalue weighted by molar-refractivity contribution is 7.89. The van der Waals surface area contributed by atoms with Crippen LogP contribution >= 0.6 is 0 Å². The van der Waals surface area contributed by atoms with Crippen molar-refractivity contribution in [2.45, 2.75) is 24.7 Å². The Kier molecular flexibility index (Phi) is 3.16. The Morgan fingerprint density at radius 3 is 2.67 bits per heavy atom. The minimum atomic E-state index is -3.62. The highest BCUT2D eigenvalue weighted by Gasteiger charge is 2.38. The first-order chi connectivity index (χ1) is 8.32. The van der Waals surface area contributed by atoms with Crippen molar-refractivity contribution in [3.05, 3.63) is 29.8 Å². The van der Waals surface area contributed by atoms with E-state index in [4.69, 9.17) is 5.11 Å². The highest BCUT2D eigenvalue weighted by Crippen LogP contribution is 2.44. The van der Waals surface area contributed by atoms with E-state index in [0.717, 1.165) is 12.8 Å². The van der Waals surface area contributed by atoms with Crippen LogP contribution in [0.1, 0.15) is 30.1 Å². The van der Waals surface area contributed by atoms with E-state index in [9.17, 15) is 13.2 Å². The maximum Gasteiger partial charge on any atom is 0.335 e. The zero-order valence-electron chi connectivity index (χ0n) is 10.0. The summed E-state index contributed by atoms with van der Waals surface area (Å²) in [4.78, 5) is 10.8. The van der Waals surface area contributed by atoms with Gasteiger partial charge in [-0.1, -0.05) is 13.0 Å². The molecule has 0 atom stereocenters. The molecule has 0 spiro atoms. The molecule has 1 fully saturated rings. The Balaban J connectivity index is 2.18. The quantitative estimate of drug-likeness (QED) is 0.847. The van der Waals surface area contributed by atoms with E-state index in [1.807, 2.05) is 6.92 Å². The first-order valence-electron chi connectivity index (χ1n) is 5.65. The van der Waals surface area contributed by atoms with Crippen LogP contribution in [-0.2, 0) is 10.0 Å². The number of carboxylic acids is 1. The second kappa shape index (κ2) is 4.37. The summed E-state index contributed by atoms with van der Waals surface area (Å²) >= 11 is 0. The first-order valence-corrected chi connectivity index (χ1v) is 7.14. The average molecular weight is 269 g/mol. The molecule has 1 aliphatic carbocycles. The molecule has 2 rings (SSSR count). The molecule has 0 heterocycles. The lowest BCUT2D eigenvalue weighted by Crippen LogP contribution is -2.29. The molecule has 18 heavy (non-hydrogen) atoms. The van der Waals surface area contributed by atoms with Crippen LogP contribution in [-0.4, -0.2) is 26.0 Å². The molecule has 0 amide bonds. The third-order valence-corrected chi connectivity index (χ3v) is 4.58. The monoisotopic (exact) mass is 269 g/mol. The number of rotatable bonds is 5. The van der Waals surface area contributed by atoms with Crippen LogP contribution in [0, 0.1) is 5.41 Å². The Hall–Kier alpha value is -1.40. The van der Waals surface area contributed by atoms with Crippen LogP contribution in [0.5, 0.6) is 0 Å². The second-order valence-electron chi connectivity index (χ2n) is 4.97. The summed E-state index contributed by atoms with van der Waals surface area (Å²) in [6.07, 6.45) is 2.04. The van der Waals surface area contributed by atoms with E-state index < -0.39 is 16.0 Å². The molecule has 1 aromatic rings. The van der Waals surface area contributed by atoms with Crippen LogP contribution in [0.25, 0.3) is 0 Å². The average Bonchev–Trinajstić information content (AvgIpc) is 3.06. The molecular weight excluding hydrogens is 254 g/mol. The summed E-state index contributed by atoms with van der Waals surface area (Å²) in [6.45, 7) is 2.41. The fourth-order valence-corrected chi connectivity index (χ4v) is 2.78. The molecule has 0 radical (unpaired) electrons. The van der Waals surface area contributed by atoms with Crippen molar-refractivity contribution in [3.63, 3.8) is 0 Å². The summed E-state index contributed by atoms with van der Waals surface area (Å²) in [5.74, 6) is -1.14. The van der Waals surface area contributed by atoms with Gasteiger partial charge in [-0.25, -0.2) is 17.9 Å². The fourth-order valence-electron chi connectivity index (χ4n) is 1.54. The van der Waals surface area contributed by atoms with Gasteiger partial charge in [-0.3, -0.25) is 0 Å². The smallest absolute Gasteiger partial charge is 0.335 e. The first kappa shape index (κ1) is 13.0. The van der Waals surface area contributed by atoms with Crippen LogP contribution in [0.15, 0.2) is 29.2 Å². The Morgan fingerprint density at radius 1 is 1.44 bits per heavy atom. The third-order valence-electron chi connectivity index (χ3n) is 3.18. The van der Waals surface area contributed by atoms with Crippen LogP contribution in [0.4, 0.5) is 0 Å². The minimum Gasteiger partial charge on any atom is -0.478 e. The van der Waals surface area contributed by atoms with E-state index in [1.165, 1.54) is 24.3 Å². The minimum absolute atomic E-state index is 0.00773. The Morgan fingerprint density at radius 2 is 2.11 bits per heavy atom. The number of hydrogen-bond donors (Lipinski definition) is 2. The van der Waals surface area contributed by atoms with Crippen molar-refractivity contribution < 1.29 is 18.3 Å². The van der Waals surface area contributed by atoms with Gasteiger partial charge in [0.25, 0.3) is 0 Å². The van der Waals surface area contributed by atoms with Gasteiger partial charge in [0.15, 0.2) is 0 Å². The molecule has 6 heteroatoms. The van der Waals surface area contributed by atoms with E-state index in [0.29, 0.717) is 6.54 Å². The predicted molar refractivity (Wildman–Crippen MR) is 65.9 cm³/mol. The third kappa shape index (κ3) is 2.88. The molecule has 98 valence electrons. The van der Waals surface area contributed by atoms with Gasteiger partial charge in [0, 0.05) is 6.54 Å². The zero-order valence-corrected chi connectivity index (χ0v) is 10.8. The van der Waals surface area contributed by atoms with Crippen molar-refractivity contribution >= 4 is 16.0 Å². The molecule has 1 aromatic carbocycles. The Bertz CT molecular complexity index is 575. The summed E-state index contributed by atoms with van der Waals surface area (Å²) in [5.41, 5.74) is 0.0350. The number of sulfonamides is 1. The number of carbonyl (C=O) groups is 1. The lowest BCUT2D eigenvalue weighted by molar-refractivity contribution is 0.0696. The van der Waals surface area contributed by atoms with E-state index in [1.54, 1.807) is 0 Å². The second-order valence-corrected chi connectivity index (χ2v) is 6.74. The SMILES string of the molecule is CC1(CNS(=O)(=O)c2cccc(C(=O)O)c2)CC1. The van der Waals surface area contributed by atoms with Crippen molar-refractivity contribution in [2.75, 3.05) is 6.54 Å². The van der Waals surface area contributed by atoms with Crippen molar-refractivity contribution in [2.24, 2.45) is 5.41 Å². The number of aromatic carboxylic acids is 1. The van der Waals surface area contributed by atoms with Crippen LogP contribution in [0.3, 0.4) is 0 Å². The van der Waals surface area contributed by atoms with E-state index in [-0.39, 0.29) is 15.9 Å². The maximum absolute atomic E-state index is 12.0. The maximum atomic E-state index is 12.0. The fraction of sp³-hybridized carbons (Fsp3) is 0.417. The number of hydrogen-bond acceptors (Lipinski definition) is 3. The lowest BCUT2D eigenvalue weighted by atomic mass is 10.2. The number of carboxylic acid groups (broad SMARTS) is 1. The van der Waals surface area contributed by atoms with Gasteiger partial charge in [-0.05, 0) is 36.5 Å². The van der Waals surface area contributed by atoms with Gasteiger partial charge in [-0.15, -0.1) is 0 Å². The Labute approximate surface area is 106 Å². The van der Waals surface area contributed by atoms with Gasteiger partial charge < -0.3 is 5.11 Å². The topological polar surface area (TPSA) is 83.5 Å². The predicted octanol–water partition coefficient (Wildman–Crippen LogP) is 1.46. The van der Waals surface area contributed by atoms with Gasteiger partial charge in [0.2, 0.25) is 10.0 Å². The molecule has 0 aliphatic heterocycles. The van der Waals surface area contributed by atoms with E-state index in [2.05, 4.69) is 4.72 Å². The van der Waals surface area contributed by atoms with E-state index >= 15 is 0 Å². The molecule has 0 bridgehead atoms. The van der Waals surface area contributed by atoms with Gasteiger partial charge >= 0.3 is 5.97 Å². The molecule has 5 nitrogen and oxygen atoms in total. The summed E-state index contributed by atoms with van der Waals surface area (Å²) in [6, 6.07) is 5.35. The molecule has 0 saturated heterocycles. The number of nitrogens with one attached hydrogen (secondary N) is 1. The number of benzene rings is 1. The molecular formula is C12H15NO4S. The zero-order chi connectivity index (χ0) is 13.4. The molecule has 0 unspecified atom stereocenters. The molecule has 2 N–H and O–H groups in total. The highest BCUT2D eigenvalue weighted by atomic mass is 32.2. The van der Waals surface area contributed by atoms with Gasteiger partial charge in [-0.2, -0.15) is 0 Å². The summed E-state index contributed by atoms with van der Waals surface area (Å²) in [5, 5.41) is 8.83. The van der Waals surface area contributed by atoms with Crippen molar-refractivity contribution in [1.29, 1.82) is 0 Å². The largest absolute Gasteiger partial charge is 0.478 e. The van der Waals surface area contributed by atoms with Crippen molar-refractivity contribution in [1.82, 2.24) is 4.72 Å².